The Morgan fingerprint density at radius 1 is 1.61 bits per heavy atom. The summed E-state index contributed by atoms with van der Waals surface area (Å²) in [7, 11) is 1.86. The van der Waals surface area contributed by atoms with Crippen molar-refractivity contribution in [3.8, 4) is 5.75 Å². The second-order valence-electron chi connectivity index (χ2n) is 4.82. The van der Waals surface area contributed by atoms with Crippen LogP contribution in [-0.2, 0) is 0 Å². The van der Waals surface area contributed by atoms with Gasteiger partial charge in [-0.2, -0.15) is 0 Å². The minimum atomic E-state index is -0.541. The lowest BCUT2D eigenvalue weighted by Crippen LogP contribution is -2.63. The number of hydrogen-bond donors (Lipinski definition) is 1. The minimum Gasteiger partial charge on any atom is -0.468 e. The summed E-state index contributed by atoms with van der Waals surface area (Å²) in [5, 5.41) is 3.78. The van der Waals surface area contributed by atoms with Gasteiger partial charge in [-0.3, -0.25) is 0 Å². The van der Waals surface area contributed by atoms with Crippen molar-refractivity contribution in [2.75, 3.05) is 7.05 Å². The molecule has 2 unspecified atom stereocenters. The van der Waals surface area contributed by atoms with Crippen molar-refractivity contribution < 1.29 is 9.13 Å². The van der Waals surface area contributed by atoms with Crippen LogP contribution >= 0.6 is 23.8 Å². The number of nitrogens with zero attached hydrogens (tertiary/aromatic N) is 1. The van der Waals surface area contributed by atoms with Crippen LogP contribution in [0.5, 0.6) is 5.75 Å². The van der Waals surface area contributed by atoms with E-state index < -0.39 is 11.5 Å². The molecule has 3 rings (SSSR count). The molecular formula is C12H12ClFN2OS. The molecule has 2 heterocycles. The Bertz CT molecular complexity index is 553. The molecule has 0 saturated carbocycles. The van der Waals surface area contributed by atoms with E-state index in [0.717, 1.165) is 0 Å². The van der Waals surface area contributed by atoms with Gasteiger partial charge in [-0.05, 0) is 31.3 Å². The standard InChI is InChI=1S/C12H12ClFN2OS/c1-12-5-7(15-11(18)16(12)2)9-8(17-12)4-3-6(13)10(9)14/h3-4,7H,5H2,1-2H3,(H,15,18). The highest BCUT2D eigenvalue weighted by Gasteiger charge is 2.47. The SMILES string of the molecule is CN1C(=S)NC2CC1(C)Oc1ccc(Cl)c(F)c12. The van der Waals surface area contributed by atoms with Crippen LogP contribution in [0.15, 0.2) is 12.1 Å². The van der Waals surface area contributed by atoms with E-state index >= 15 is 0 Å². The van der Waals surface area contributed by atoms with Crippen LogP contribution in [0.4, 0.5) is 4.39 Å². The Morgan fingerprint density at radius 3 is 3.06 bits per heavy atom. The molecule has 2 aliphatic rings. The van der Waals surface area contributed by atoms with E-state index in [2.05, 4.69) is 5.32 Å². The van der Waals surface area contributed by atoms with Gasteiger partial charge < -0.3 is 15.0 Å². The fourth-order valence-electron chi connectivity index (χ4n) is 2.51. The van der Waals surface area contributed by atoms with Crippen LogP contribution in [-0.4, -0.2) is 22.8 Å². The lowest BCUT2D eigenvalue weighted by atomic mass is 9.90. The average Bonchev–Trinajstić information content (AvgIpc) is 2.31. The van der Waals surface area contributed by atoms with Crippen LogP contribution in [0.2, 0.25) is 5.02 Å². The molecule has 18 heavy (non-hydrogen) atoms. The van der Waals surface area contributed by atoms with E-state index in [0.29, 0.717) is 22.8 Å². The summed E-state index contributed by atoms with van der Waals surface area (Å²) >= 11 is 11.1. The predicted octanol–water partition coefficient (Wildman–Crippen LogP) is 2.84. The summed E-state index contributed by atoms with van der Waals surface area (Å²) in [5.41, 5.74) is -0.0734. The summed E-state index contributed by atoms with van der Waals surface area (Å²) in [4.78, 5) is 1.86. The highest BCUT2D eigenvalue weighted by atomic mass is 35.5. The third-order valence-corrected chi connectivity index (χ3v) is 4.35. The van der Waals surface area contributed by atoms with Gasteiger partial charge in [-0.25, -0.2) is 4.39 Å². The van der Waals surface area contributed by atoms with Crippen molar-refractivity contribution >= 4 is 28.9 Å². The zero-order valence-corrected chi connectivity index (χ0v) is 11.5. The van der Waals surface area contributed by atoms with Crippen LogP contribution in [0.1, 0.15) is 24.9 Å². The normalized spacial score (nSPS) is 29.4. The van der Waals surface area contributed by atoms with Gasteiger partial charge in [0, 0.05) is 13.5 Å². The molecule has 0 amide bonds. The molecule has 3 nitrogen and oxygen atoms in total. The van der Waals surface area contributed by atoms with Gasteiger partial charge in [0.05, 0.1) is 16.6 Å². The third-order valence-electron chi connectivity index (χ3n) is 3.67. The Labute approximate surface area is 115 Å². The number of halogens is 2. The Balaban J connectivity index is 2.17. The summed E-state index contributed by atoms with van der Waals surface area (Å²) in [6.07, 6.45) is 0.619. The van der Waals surface area contributed by atoms with Crippen LogP contribution in [0.3, 0.4) is 0 Å². The third kappa shape index (κ3) is 1.50. The van der Waals surface area contributed by atoms with E-state index in [1.54, 1.807) is 6.07 Å². The number of fused-ring (bicyclic) bond motifs is 4. The minimum absolute atomic E-state index is 0.104. The van der Waals surface area contributed by atoms with Crippen LogP contribution in [0, 0.1) is 5.82 Å². The maximum Gasteiger partial charge on any atom is 0.183 e. The molecule has 1 saturated heterocycles. The lowest BCUT2D eigenvalue weighted by molar-refractivity contribution is -0.0571. The quantitative estimate of drug-likeness (QED) is 0.741. The highest BCUT2D eigenvalue weighted by molar-refractivity contribution is 7.80. The zero-order chi connectivity index (χ0) is 13.1. The molecule has 0 aromatic heterocycles. The molecule has 0 radical (unpaired) electrons. The Morgan fingerprint density at radius 2 is 2.33 bits per heavy atom. The van der Waals surface area contributed by atoms with Gasteiger partial charge in [0.25, 0.3) is 0 Å². The van der Waals surface area contributed by atoms with E-state index in [1.807, 2.05) is 18.9 Å². The van der Waals surface area contributed by atoms with E-state index in [9.17, 15) is 4.39 Å². The van der Waals surface area contributed by atoms with Gasteiger partial charge in [0.15, 0.2) is 16.7 Å². The number of ether oxygens (including phenoxy) is 1. The zero-order valence-electron chi connectivity index (χ0n) is 9.96. The molecular weight excluding hydrogens is 275 g/mol. The molecule has 1 fully saturated rings. The topological polar surface area (TPSA) is 24.5 Å². The van der Waals surface area contributed by atoms with Crippen molar-refractivity contribution in [1.29, 1.82) is 0 Å². The van der Waals surface area contributed by atoms with Gasteiger partial charge >= 0.3 is 0 Å². The second-order valence-corrected chi connectivity index (χ2v) is 5.61. The molecule has 6 heteroatoms. The lowest BCUT2D eigenvalue weighted by Gasteiger charge is -2.50. The van der Waals surface area contributed by atoms with Crippen molar-refractivity contribution in [2.45, 2.75) is 25.1 Å². The number of rotatable bonds is 0. The number of nitrogens with one attached hydrogen (secondary N) is 1. The van der Waals surface area contributed by atoms with Gasteiger partial charge in [0.2, 0.25) is 0 Å². The highest BCUT2D eigenvalue weighted by Crippen LogP contribution is 2.45. The smallest absolute Gasteiger partial charge is 0.183 e. The molecule has 0 spiro atoms. The van der Waals surface area contributed by atoms with Crippen molar-refractivity contribution in [1.82, 2.24) is 10.2 Å². The number of thiocarbonyl (C=S) groups is 1. The van der Waals surface area contributed by atoms with E-state index in [-0.39, 0.29) is 11.1 Å². The number of hydrogen-bond acceptors (Lipinski definition) is 2. The second kappa shape index (κ2) is 3.71. The largest absolute Gasteiger partial charge is 0.468 e. The van der Waals surface area contributed by atoms with Crippen molar-refractivity contribution in [3.63, 3.8) is 0 Å². The molecule has 1 aromatic rings. The summed E-state index contributed by atoms with van der Waals surface area (Å²) < 4.78 is 20.0. The predicted molar refractivity (Wildman–Crippen MR) is 71.3 cm³/mol. The van der Waals surface area contributed by atoms with Crippen molar-refractivity contribution in [2.24, 2.45) is 0 Å². The first-order chi connectivity index (χ1) is 8.42. The maximum atomic E-state index is 14.1. The van der Waals surface area contributed by atoms with Crippen LogP contribution in [0.25, 0.3) is 0 Å². The molecule has 1 aromatic carbocycles. The van der Waals surface area contributed by atoms with Gasteiger partial charge in [-0.15, -0.1) is 0 Å². The first-order valence-electron chi connectivity index (χ1n) is 5.63. The van der Waals surface area contributed by atoms with Gasteiger partial charge in [0.1, 0.15) is 5.75 Å². The average molecular weight is 287 g/mol. The number of benzene rings is 1. The maximum absolute atomic E-state index is 14.1. The van der Waals surface area contributed by atoms with Crippen LogP contribution < -0.4 is 10.1 Å². The summed E-state index contributed by atoms with van der Waals surface area (Å²) in [6.45, 7) is 1.95. The molecule has 96 valence electrons. The van der Waals surface area contributed by atoms with E-state index in [1.165, 1.54) is 6.07 Å². The fraction of sp³-hybridized carbons (Fsp3) is 0.417. The molecule has 2 bridgehead atoms. The van der Waals surface area contributed by atoms with Gasteiger partial charge in [-0.1, -0.05) is 11.6 Å². The molecule has 2 aliphatic heterocycles. The van der Waals surface area contributed by atoms with Crippen molar-refractivity contribution in [3.05, 3.63) is 28.5 Å². The van der Waals surface area contributed by atoms with E-state index in [4.69, 9.17) is 28.6 Å². The summed E-state index contributed by atoms with van der Waals surface area (Å²) in [5.74, 6) is 0.0959. The molecule has 2 atom stereocenters. The summed E-state index contributed by atoms with van der Waals surface area (Å²) in [6, 6.07) is 3.02. The first kappa shape index (κ1) is 12.0. The fourth-order valence-corrected chi connectivity index (χ4v) is 3.01. The monoisotopic (exact) mass is 286 g/mol. The Hall–Kier alpha value is -1.07. The molecule has 0 aliphatic carbocycles. The Kier molecular flexibility index (Phi) is 2.47. The molecule has 1 N–H and O–H groups in total. The first-order valence-corrected chi connectivity index (χ1v) is 6.42.